The molecule has 52 valence electrons. The summed E-state index contributed by atoms with van der Waals surface area (Å²) in [6.07, 6.45) is 0.675. The minimum atomic E-state index is 0.675. The minimum absolute atomic E-state index is 0.675. The number of hydrogen-bond acceptors (Lipinski definition) is 3. The summed E-state index contributed by atoms with van der Waals surface area (Å²) in [4.78, 5) is 0. The molecule has 0 saturated carbocycles. The van der Waals surface area contributed by atoms with E-state index in [1.165, 1.54) is 0 Å². The van der Waals surface area contributed by atoms with Crippen LogP contribution in [0.15, 0.2) is 0 Å². The Bertz CT molecular complexity index is 87.5. The maximum Gasteiger partial charge on any atom is 0.0630 e. The molecule has 0 atom stereocenters. The molecular formula is C6H12N2S. The fourth-order valence-electron chi connectivity index (χ4n) is 0.394. The van der Waals surface area contributed by atoms with Gasteiger partial charge in [-0.1, -0.05) is 0 Å². The lowest BCUT2D eigenvalue weighted by atomic mass is 10.6. The van der Waals surface area contributed by atoms with Crippen molar-refractivity contribution in [3.63, 3.8) is 0 Å². The van der Waals surface area contributed by atoms with Gasteiger partial charge in [0.1, 0.15) is 0 Å². The molecule has 0 aromatic carbocycles. The van der Waals surface area contributed by atoms with Crippen LogP contribution in [-0.2, 0) is 0 Å². The maximum atomic E-state index is 8.14. The van der Waals surface area contributed by atoms with Crippen LogP contribution < -0.4 is 5.32 Å². The smallest absolute Gasteiger partial charge is 0.0630 e. The second-order valence-electron chi connectivity index (χ2n) is 1.62. The van der Waals surface area contributed by atoms with Crippen LogP contribution in [-0.4, -0.2) is 25.1 Å². The van der Waals surface area contributed by atoms with E-state index in [4.69, 9.17) is 5.26 Å². The number of nitriles is 1. The van der Waals surface area contributed by atoms with E-state index in [9.17, 15) is 0 Å². The highest BCUT2D eigenvalue weighted by atomic mass is 32.2. The van der Waals surface area contributed by atoms with Crippen molar-refractivity contribution in [2.24, 2.45) is 0 Å². The molecule has 9 heavy (non-hydrogen) atoms. The lowest BCUT2D eigenvalue weighted by Gasteiger charge is -1.95. The monoisotopic (exact) mass is 144 g/mol. The molecule has 0 aromatic rings. The molecule has 0 aliphatic heterocycles. The van der Waals surface area contributed by atoms with E-state index in [0.29, 0.717) is 6.42 Å². The van der Waals surface area contributed by atoms with Crippen LogP contribution in [0.5, 0.6) is 0 Å². The first-order chi connectivity index (χ1) is 4.41. The Balaban J connectivity index is 2.69. The highest BCUT2D eigenvalue weighted by molar-refractivity contribution is 7.99. The van der Waals surface area contributed by atoms with Gasteiger partial charge in [-0.05, 0) is 7.05 Å². The highest BCUT2D eigenvalue weighted by Crippen LogP contribution is 1.98. The summed E-state index contributed by atoms with van der Waals surface area (Å²) in [5.41, 5.74) is 0. The molecule has 2 nitrogen and oxygen atoms in total. The lowest BCUT2D eigenvalue weighted by Crippen LogP contribution is -2.09. The predicted molar refractivity (Wildman–Crippen MR) is 41.5 cm³/mol. The number of rotatable bonds is 5. The third-order valence-electron chi connectivity index (χ3n) is 0.855. The van der Waals surface area contributed by atoms with Gasteiger partial charge in [0.2, 0.25) is 0 Å². The van der Waals surface area contributed by atoms with Gasteiger partial charge in [-0.2, -0.15) is 17.0 Å². The fourth-order valence-corrected chi connectivity index (χ4v) is 1.18. The Labute approximate surface area is 60.6 Å². The van der Waals surface area contributed by atoms with E-state index in [1.54, 1.807) is 0 Å². The molecule has 0 spiro atoms. The first kappa shape index (κ1) is 8.80. The molecule has 0 bridgehead atoms. The van der Waals surface area contributed by atoms with Crippen molar-refractivity contribution >= 4 is 11.8 Å². The first-order valence-corrected chi connectivity index (χ1v) is 4.16. The van der Waals surface area contributed by atoms with Crippen molar-refractivity contribution in [3.8, 4) is 6.07 Å². The molecule has 0 unspecified atom stereocenters. The number of thioether (sulfide) groups is 1. The van der Waals surface area contributed by atoms with Crippen LogP contribution in [0.1, 0.15) is 6.42 Å². The molecule has 0 rings (SSSR count). The molecule has 0 heterocycles. The molecular weight excluding hydrogens is 132 g/mol. The third-order valence-corrected chi connectivity index (χ3v) is 1.84. The lowest BCUT2D eigenvalue weighted by molar-refractivity contribution is 0.871. The minimum Gasteiger partial charge on any atom is -0.319 e. The Kier molecular flexibility index (Phi) is 7.63. The van der Waals surface area contributed by atoms with Crippen molar-refractivity contribution in [1.29, 1.82) is 5.26 Å². The zero-order chi connectivity index (χ0) is 6.95. The molecule has 0 amide bonds. The van der Waals surface area contributed by atoms with Crippen LogP contribution in [0, 0.1) is 11.3 Å². The summed E-state index contributed by atoms with van der Waals surface area (Å²) in [6.45, 7) is 1.04. The SMILES string of the molecule is CNCCSCCC#N. The normalized spacial score (nSPS) is 8.89. The van der Waals surface area contributed by atoms with Crippen LogP contribution in [0.25, 0.3) is 0 Å². The van der Waals surface area contributed by atoms with E-state index < -0.39 is 0 Å². The Morgan fingerprint density at radius 1 is 1.56 bits per heavy atom. The van der Waals surface area contributed by atoms with Gasteiger partial charge in [-0.3, -0.25) is 0 Å². The molecule has 0 aliphatic carbocycles. The molecule has 3 heteroatoms. The summed E-state index contributed by atoms with van der Waals surface area (Å²) in [5.74, 6) is 2.08. The topological polar surface area (TPSA) is 35.8 Å². The van der Waals surface area contributed by atoms with E-state index in [-0.39, 0.29) is 0 Å². The highest BCUT2D eigenvalue weighted by Gasteiger charge is 1.85. The molecule has 0 aromatic heterocycles. The van der Waals surface area contributed by atoms with Crippen LogP contribution in [0.3, 0.4) is 0 Å². The molecule has 0 saturated heterocycles. The van der Waals surface area contributed by atoms with Crippen LogP contribution in [0.2, 0.25) is 0 Å². The number of nitrogens with one attached hydrogen (secondary N) is 1. The van der Waals surface area contributed by atoms with Gasteiger partial charge in [0, 0.05) is 24.5 Å². The van der Waals surface area contributed by atoms with Gasteiger partial charge < -0.3 is 5.32 Å². The van der Waals surface area contributed by atoms with E-state index >= 15 is 0 Å². The maximum absolute atomic E-state index is 8.14. The Morgan fingerprint density at radius 3 is 2.89 bits per heavy atom. The first-order valence-electron chi connectivity index (χ1n) is 3.01. The van der Waals surface area contributed by atoms with Gasteiger partial charge in [0.15, 0.2) is 0 Å². The van der Waals surface area contributed by atoms with Crippen molar-refractivity contribution in [2.75, 3.05) is 25.1 Å². The molecule has 0 radical (unpaired) electrons. The second-order valence-corrected chi connectivity index (χ2v) is 2.85. The Morgan fingerprint density at radius 2 is 2.33 bits per heavy atom. The van der Waals surface area contributed by atoms with Crippen molar-refractivity contribution in [1.82, 2.24) is 5.32 Å². The number of nitrogens with zero attached hydrogens (tertiary/aromatic N) is 1. The van der Waals surface area contributed by atoms with Gasteiger partial charge >= 0.3 is 0 Å². The van der Waals surface area contributed by atoms with Crippen molar-refractivity contribution in [3.05, 3.63) is 0 Å². The summed E-state index contributed by atoms with van der Waals surface area (Å²) in [7, 11) is 1.94. The number of hydrogen-bond donors (Lipinski definition) is 1. The largest absolute Gasteiger partial charge is 0.319 e. The fraction of sp³-hybridized carbons (Fsp3) is 0.833. The van der Waals surface area contributed by atoms with Crippen LogP contribution >= 0.6 is 11.8 Å². The average molecular weight is 144 g/mol. The van der Waals surface area contributed by atoms with Gasteiger partial charge in [-0.15, -0.1) is 0 Å². The van der Waals surface area contributed by atoms with Crippen LogP contribution in [0.4, 0.5) is 0 Å². The molecule has 0 aliphatic rings. The standard InChI is InChI=1S/C6H12N2S/c1-8-4-6-9-5-2-3-7/h8H,2,4-6H2,1H3. The van der Waals surface area contributed by atoms with Gasteiger partial charge in [0.05, 0.1) is 6.07 Å². The molecule has 0 fully saturated rings. The Hall–Kier alpha value is -0.200. The second kappa shape index (κ2) is 7.80. The quantitative estimate of drug-likeness (QED) is 0.581. The summed E-state index contributed by atoms with van der Waals surface area (Å²) >= 11 is 1.82. The molecule has 1 N–H and O–H groups in total. The predicted octanol–water partition coefficient (Wildman–Crippen LogP) is 0.853. The average Bonchev–Trinajstić information content (AvgIpc) is 1.89. The van der Waals surface area contributed by atoms with Gasteiger partial charge in [-0.25, -0.2) is 0 Å². The third kappa shape index (κ3) is 7.80. The van der Waals surface area contributed by atoms with Crippen molar-refractivity contribution < 1.29 is 0 Å². The van der Waals surface area contributed by atoms with E-state index in [0.717, 1.165) is 18.1 Å². The summed E-state index contributed by atoms with van der Waals surface area (Å²) in [5, 5.41) is 11.2. The van der Waals surface area contributed by atoms with Gasteiger partial charge in [0.25, 0.3) is 0 Å². The zero-order valence-corrected chi connectivity index (χ0v) is 6.50. The summed E-state index contributed by atoms with van der Waals surface area (Å²) < 4.78 is 0. The van der Waals surface area contributed by atoms with Crippen molar-refractivity contribution in [2.45, 2.75) is 6.42 Å². The van der Waals surface area contributed by atoms with E-state index in [1.807, 2.05) is 18.8 Å². The summed E-state index contributed by atoms with van der Waals surface area (Å²) in [6, 6.07) is 2.10. The zero-order valence-electron chi connectivity index (χ0n) is 5.68. The van der Waals surface area contributed by atoms with E-state index in [2.05, 4.69) is 11.4 Å².